The van der Waals surface area contributed by atoms with Crippen molar-refractivity contribution in [2.75, 3.05) is 0 Å². The van der Waals surface area contributed by atoms with Crippen molar-refractivity contribution in [2.24, 2.45) is 0 Å². The van der Waals surface area contributed by atoms with Gasteiger partial charge in [-0.3, -0.25) is 0 Å². The van der Waals surface area contributed by atoms with Crippen molar-refractivity contribution in [2.45, 2.75) is 45.8 Å². The Bertz CT molecular complexity index is 435. The Hall–Kier alpha value is -1.46. The smallest absolute Gasteiger partial charge is 0.389 e. The summed E-state index contributed by atoms with van der Waals surface area (Å²) in [6.45, 7) is 3.84. The molecule has 0 bridgehead atoms. The van der Waals surface area contributed by atoms with E-state index in [-0.39, 0.29) is 12.0 Å². The number of aromatic nitrogens is 1. The molecule has 0 aliphatic heterocycles. The lowest BCUT2D eigenvalue weighted by Gasteiger charge is -2.10. The molecule has 1 heterocycles. The van der Waals surface area contributed by atoms with E-state index in [9.17, 15) is 18.0 Å². The monoisotopic (exact) mass is 263 g/mol. The normalized spacial score (nSPS) is 11.8. The molecule has 3 nitrogen and oxygen atoms in total. The maximum atomic E-state index is 12.0. The molecule has 1 rings (SSSR count). The van der Waals surface area contributed by atoms with E-state index < -0.39 is 18.6 Å². The lowest BCUT2D eigenvalue weighted by Crippen LogP contribution is -2.09. The van der Waals surface area contributed by atoms with Crippen molar-refractivity contribution in [3.05, 3.63) is 23.0 Å². The van der Waals surface area contributed by atoms with E-state index in [1.165, 1.54) is 0 Å². The minimum atomic E-state index is -4.12. The predicted molar refractivity (Wildman–Crippen MR) is 60.8 cm³/mol. The molecular weight excluding hydrogens is 247 g/mol. The molecular formula is C12H16F3NO2. The Morgan fingerprint density at radius 2 is 1.94 bits per heavy atom. The van der Waals surface area contributed by atoms with Crippen molar-refractivity contribution in [1.29, 1.82) is 0 Å². The number of nitrogens with zero attached hydrogens (tertiary/aromatic N) is 1. The first-order chi connectivity index (χ1) is 8.22. The second-order valence-corrected chi connectivity index (χ2v) is 4.31. The second kappa shape index (κ2) is 5.46. The number of alkyl halides is 3. The van der Waals surface area contributed by atoms with Crippen molar-refractivity contribution in [1.82, 2.24) is 4.57 Å². The Morgan fingerprint density at radius 1 is 1.33 bits per heavy atom. The Labute approximate surface area is 103 Å². The van der Waals surface area contributed by atoms with Crippen LogP contribution in [0.3, 0.4) is 0 Å². The number of aryl methyl sites for hydroxylation is 1. The van der Waals surface area contributed by atoms with Gasteiger partial charge in [-0.1, -0.05) is 0 Å². The number of carbonyl (C=O) groups is 1. The van der Waals surface area contributed by atoms with Crippen LogP contribution in [0.15, 0.2) is 6.07 Å². The standard InChI is InChI=1S/C12H16F3NO2/c1-8-7-10(11(17)18)9(2)16(8)6-4-3-5-12(13,14)15/h7H,3-6H2,1-2H3,(H,17,18). The van der Waals surface area contributed by atoms with Crippen LogP contribution in [0.5, 0.6) is 0 Å². The van der Waals surface area contributed by atoms with Gasteiger partial charge in [-0.25, -0.2) is 4.79 Å². The van der Waals surface area contributed by atoms with Crippen molar-refractivity contribution < 1.29 is 23.1 Å². The topological polar surface area (TPSA) is 42.2 Å². The first-order valence-corrected chi connectivity index (χ1v) is 5.69. The van der Waals surface area contributed by atoms with Crippen LogP contribution in [0.1, 0.15) is 41.0 Å². The molecule has 0 saturated carbocycles. The van der Waals surface area contributed by atoms with E-state index >= 15 is 0 Å². The van der Waals surface area contributed by atoms with E-state index in [0.717, 1.165) is 5.69 Å². The summed E-state index contributed by atoms with van der Waals surface area (Å²) in [5.41, 5.74) is 1.56. The summed E-state index contributed by atoms with van der Waals surface area (Å²) >= 11 is 0. The van der Waals surface area contributed by atoms with Crippen molar-refractivity contribution in [3.63, 3.8) is 0 Å². The van der Waals surface area contributed by atoms with Crippen LogP contribution in [-0.2, 0) is 6.54 Å². The number of aromatic carboxylic acids is 1. The van der Waals surface area contributed by atoms with E-state index in [2.05, 4.69) is 0 Å². The second-order valence-electron chi connectivity index (χ2n) is 4.31. The number of rotatable bonds is 5. The van der Waals surface area contributed by atoms with Gasteiger partial charge in [-0.05, 0) is 32.8 Å². The van der Waals surface area contributed by atoms with Crippen LogP contribution in [0.2, 0.25) is 0 Å². The maximum absolute atomic E-state index is 12.0. The average molecular weight is 263 g/mol. The highest BCUT2D eigenvalue weighted by molar-refractivity contribution is 5.89. The summed E-state index contributed by atoms with van der Waals surface area (Å²) in [6.07, 6.45) is -4.47. The molecule has 1 aromatic heterocycles. The van der Waals surface area contributed by atoms with Gasteiger partial charge >= 0.3 is 12.1 Å². The zero-order valence-corrected chi connectivity index (χ0v) is 10.3. The van der Waals surface area contributed by atoms with Gasteiger partial charge in [0.25, 0.3) is 0 Å². The Kier molecular flexibility index (Phi) is 4.43. The number of halogens is 3. The highest BCUT2D eigenvalue weighted by atomic mass is 19.4. The lowest BCUT2D eigenvalue weighted by atomic mass is 10.2. The van der Waals surface area contributed by atoms with Gasteiger partial charge < -0.3 is 9.67 Å². The third-order valence-corrected chi connectivity index (χ3v) is 2.90. The molecule has 0 atom stereocenters. The number of unbranched alkanes of at least 4 members (excludes halogenated alkanes) is 1. The summed E-state index contributed by atoms with van der Waals surface area (Å²) in [5.74, 6) is -1.01. The summed E-state index contributed by atoms with van der Waals surface area (Å²) in [6, 6.07) is 1.54. The van der Waals surface area contributed by atoms with Crippen LogP contribution in [-0.4, -0.2) is 21.8 Å². The fraction of sp³-hybridized carbons (Fsp3) is 0.583. The third-order valence-electron chi connectivity index (χ3n) is 2.90. The summed E-state index contributed by atoms with van der Waals surface area (Å²) in [7, 11) is 0. The number of carboxylic acids is 1. The summed E-state index contributed by atoms with van der Waals surface area (Å²) in [4.78, 5) is 10.9. The highest BCUT2D eigenvalue weighted by Crippen LogP contribution is 2.23. The van der Waals surface area contributed by atoms with Gasteiger partial charge in [-0.15, -0.1) is 0 Å². The Morgan fingerprint density at radius 3 is 2.39 bits per heavy atom. The highest BCUT2D eigenvalue weighted by Gasteiger charge is 2.26. The molecule has 6 heteroatoms. The van der Waals surface area contributed by atoms with Crippen molar-refractivity contribution in [3.8, 4) is 0 Å². The third kappa shape index (κ3) is 3.78. The SMILES string of the molecule is Cc1cc(C(=O)O)c(C)n1CCCCC(F)(F)F. The molecule has 0 amide bonds. The first-order valence-electron chi connectivity index (χ1n) is 5.69. The van der Waals surface area contributed by atoms with E-state index in [4.69, 9.17) is 5.11 Å². The van der Waals surface area contributed by atoms with Gasteiger partial charge in [-0.2, -0.15) is 13.2 Å². The first kappa shape index (κ1) is 14.6. The molecule has 18 heavy (non-hydrogen) atoms. The molecule has 0 aliphatic carbocycles. The molecule has 102 valence electrons. The van der Waals surface area contributed by atoms with Crippen LogP contribution >= 0.6 is 0 Å². The zero-order valence-electron chi connectivity index (χ0n) is 10.3. The predicted octanol–water partition coefficient (Wildman–Crippen LogP) is 3.54. The molecule has 1 N–H and O–H groups in total. The van der Waals surface area contributed by atoms with Gasteiger partial charge in [0.15, 0.2) is 0 Å². The Balaban J connectivity index is 2.60. The molecule has 0 saturated heterocycles. The van der Waals surface area contributed by atoms with E-state index in [0.29, 0.717) is 18.7 Å². The largest absolute Gasteiger partial charge is 0.478 e. The van der Waals surface area contributed by atoms with Crippen LogP contribution in [0.25, 0.3) is 0 Å². The molecule has 0 unspecified atom stereocenters. The number of hydrogen-bond acceptors (Lipinski definition) is 1. The van der Waals surface area contributed by atoms with Crippen LogP contribution < -0.4 is 0 Å². The number of carboxylic acid groups (broad SMARTS) is 1. The quantitative estimate of drug-likeness (QED) is 0.826. The van der Waals surface area contributed by atoms with Gasteiger partial charge in [0, 0.05) is 24.4 Å². The molecule has 0 spiro atoms. The van der Waals surface area contributed by atoms with Crippen LogP contribution in [0.4, 0.5) is 13.2 Å². The maximum Gasteiger partial charge on any atom is 0.389 e. The summed E-state index contributed by atoms with van der Waals surface area (Å²) < 4.78 is 37.6. The molecule has 0 aromatic carbocycles. The lowest BCUT2D eigenvalue weighted by molar-refractivity contribution is -0.135. The fourth-order valence-corrected chi connectivity index (χ4v) is 1.96. The van der Waals surface area contributed by atoms with Gasteiger partial charge in [0.1, 0.15) is 0 Å². The van der Waals surface area contributed by atoms with Crippen LogP contribution in [0, 0.1) is 13.8 Å². The zero-order chi connectivity index (χ0) is 13.9. The van der Waals surface area contributed by atoms with Gasteiger partial charge in [0.05, 0.1) is 5.56 Å². The molecule has 0 radical (unpaired) electrons. The molecule has 0 aliphatic rings. The van der Waals surface area contributed by atoms with Crippen molar-refractivity contribution >= 4 is 5.97 Å². The minimum Gasteiger partial charge on any atom is -0.478 e. The average Bonchev–Trinajstić information content (AvgIpc) is 2.49. The molecule has 1 aromatic rings. The summed E-state index contributed by atoms with van der Waals surface area (Å²) in [5, 5.41) is 8.92. The van der Waals surface area contributed by atoms with Gasteiger partial charge in [0.2, 0.25) is 0 Å². The van der Waals surface area contributed by atoms with E-state index in [1.807, 2.05) is 0 Å². The number of hydrogen-bond donors (Lipinski definition) is 1. The fourth-order valence-electron chi connectivity index (χ4n) is 1.96. The van der Waals surface area contributed by atoms with E-state index in [1.54, 1.807) is 24.5 Å². The minimum absolute atomic E-state index is 0.0585. The molecule has 0 fully saturated rings.